The van der Waals surface area contributed by atoms with E-state index in [4.69, 9.17) is 11.0 Å². The lowest BCUT2D eigenvalue weighted by atomic mass is 9.82. The number of nitrogens with zero attached hydrogens (tertiary/aromatic N) is 1. The van der Waals surface area contributed by atoms with Crippen LogP contribution in [0.15, 0.2) is 30.3 Å². The van der Waals surface area contributed by atoms with Gasteiger partial charge in [-0.25, -0.2) is 0 Å². The first kappa shape index (κ1) is 17.7. The number of nitrogens with one attached hydrogen (secondary N) is 1. The Bertz CT molecular complexity index is 655. The highest BCUT2D eigenvalue weighted by molar-refractivity contribution is 5.92. The monoisotopic (exact) mass is 325 g/mol. The van der Waals surface area contributed by atoms with Crippen molar-refractivity contribution in [1.82, 2.24) is 5.32 Å². The van der Waals surface area contributed by atoms with Crippen LogP contribution in [0.2, 0.25) is 0 Å². The number of carbonyl (C=O) groups excluding carboxylic acids is 2. The number of amides is 2. The van der Waals surface area contributed by atoms with Gasteiger partial charge in [-0.1, -0.05) is 31.4 Å². The summed E-state index contributed by atoms with van der Waals surface area (Å²) in [4.78, 5) is 23.5. The average Bonchev–Trinajstić information content (AvgIpc) is 2.60. The van der Waals surface area contributed by atoms with Crippen molar-refractivity contribution in [1.29, 1.82) is 5.26 Å². The molecule has 2 rings (SSSR count). The molecule has 2 amide bonds. The number of carbonyl (C=O) groups is 2. The molecule has 126 valence electrons. The largest absolute Gasteiger partial charge is 0.370 e. The Morgan fingerprint density at radius 3 is 2.75 bits per heavy atom. The van der Waals surface area contributed by atoms with Gasteiger partial charge in [0, 0.05) is 18.5 Å². The van der Waals surface area contributed by atoms with Crippen molar-refractivity contribution in [3.8, 4) is 6.07 Å². The van der Waals surface area contributed by atoms with Gasteiger partial charge in [-0.15, -0.1) is 0 Å². The van der Waals surface area contributed by atoms with Crippen molar-refractivity contribution >= 4 is 17.9 Å². The second kappa shape index (κ2) is 8.88. The van der Waals surface area contributed by atoms with E-state index in [2.05, 4.69) is 11.4 Å². The molecule has 0 bridgehead atoms. The lowest BCUT2D eigenvalue weighted by Gasteiger charge is -2.30. The Balaban J connectivity index is 1.99. The third-order valence-electron chi connectivity index (χ3n) is 4.41. The minimum Gasteiger partial charge on any atom is -0.370 e. The van der Waals surface area contributed by atoms with Crippen LogP contribution in [0.1, 0.15) is 49.7 Å². The van der Waals surface area contributed by atoms with Crippen LogP contribution in [0, 0.1) is 17.2 Å². The molecule has 1 aliphatic rings. The van der Waals surface area contributed by atoms with E-state index in [1.807, 2.05) is 6.07 Å². The minimum atomic E-state index is -0.392. The maximum atomic E-state index is 12.2. The molecule has 1 atom stereocenters. The van der Waals surface area contributed by atoms with Crippen LogP contribution in [0.4, 0.5) is 0 Å². The summed E-state index contributed by atoms with van der Waals surface area (Å²) in [6, 6.07) is 8.89. The van der Waals surface area contributed by atoms with Gasteiger partial charge in [0.2, 0.25) is 11.8 Å². The SMILES string of the molecule is N#Cc1cccc(/C=C\C(=O)N[C@@H](CC(N)=O)C2CCCCC2)c1. The molecular weight excluding hydrogens is 302 g/mol. The highest BCUT2D eigenvalue weighted by atomic mass is 16.2. The maximum absolute atomic E-state index is 12.2. The summed E-state index contributed by atoms with van der Waals surface area (Å²) in [6.07, 6.45) is 8.79. The summed E-state index contributed by atoms with van der Waals surface area (Å²) in [7, 11) is 0. The third kappa shape index (κ3) is 5.54. The van der Waals surface area contributed by atoms with E-state index < -0.39 is 5.91 Å². The van der Waals surface area contributed by atoms with Gasteiger partial charge in [-0.05, 0) is 42.5 Å². The second-order valence-electron chi connectivity index (χ2n) is 6.25. The van der Waals surface area contributed by atoms with Crippen LogP contribution in [0.5, 0.6) is 0 Å². The quantitative estimate of drug-likeness (QED) is 0.787. The Hall–Kier alpha value is -2.61. The first-order valence-corrected chi connectivity index (χ1v) is 8.35. The molecule has 3 N–H and O–H groups in total. The first-order valence-electron chi connectivity index (χ1n) is 8.35. The van der Waals surface area contributed by atoms with Gasteiger partial charge in [0.1, 0.15) is 0 Å². The average molecular weight is 325 g/mol. The van der Waals surface area contributed by atoms with E-state index in [1.54, 1.807) is 24.3 Å². The Kier molecular flexibility index (Phi) is 6.56. The number of primary amides is 1. The zero-order valence-electron chi connectivity index (χ0n) is 13.7. The van der Waals surface area contributed by atoms with Crippen molar-refractivity contribution in [2.75, 3.05) is 0 Å². The topological polar surface area (TPSA) is 96.0 Å². The van der Waals surface area contributed by atoms with Crippen LogP contribution in [0.3, 0.4) is 0 Å². The Morgan fingerprint density at radius 2 is 2.08 bits per heavy atom. The zero-order valence-corrected chi connectivity index (χ0v) is 13.7. The number of rotatable bonds is 6. The fourth-order valence-corrected chi connectivity index (χ4v) is 3.20. The molecule has 0 heterocycles. The maximum Gasteiger partial charge on any atom is 0.244 e. The van der Waals surface area contributed by atoms with E-state index in [1.165, 1.54) is 12.5 Å². The molecule has 1 aromatic carbocycles. The van der Waals surface area contributed by atoms with Gasteiger partial charge < -0.3 is 11.1 Å². The molecule has 5 nitrogen and oxygen atoms in total. The molecule has 1 fully saturated rings. The number of nitriles is 1. The fraction of sp³-hybridized carbons (Fsp3) is 0.421. The predicted octanol–water partition coefficient (Wildman–Crippen LogP) is 2.51. The summed E-state index contributed by atoms with van der Waals surface area (Å²) in [5.74, 6) is -0.323. The van der Waals surface area contributed by atoms with Crippen molar-refractivity contribution in [3.05, 3.63) is 41.5 Å². The second-order valence-corrected chi connectivity index (χ2v) is 6.25. The van der Waals surface area contributed by atoms with Crippen LogP contribution in [-0.4, -0.2) is 17.9 Å². The van der Waals surface area contributed by atoms with Crippen molar-refractivity contribution < 1.29 is 9.59 Å². The van der Waals surface area contributed by atoms with E-state index in [-0.39, 0.29) is 18.4 Å². The lowest BCUT2D eigenvalue weighted by molar-refractivity contribution is -0.120. The molecule has 0 unspecified atom stereocenters. The van der Waals surface area contributed by atoms with Crippen LogP contribution in [-0.2, 0) is 9.59 Å². The van der Waals surface area contributed by atoms with Crippen molar-refractivity contribution in [2.24, 2.45) is 11.7 Å². The third-order valence-corrected chi connectivity index (χ3v) is 4.41. The molecule has 1 aliphatic carbocycles. The standard InChI is InChI=1S/C19H23N3O2/c20-13-15-6-4-5-14(11-15)9-10-19(24)22-17(12-18(21)23)16-7-2-1-3-8-16/h4-6,9-11,16-17H,1-3,7-8,12H2,(H2,21,23)(H,22,24)/b10-9-/t17-/m0/s1. The molecule has 0 aliphatic heterocycles. The molecule has 0 aromatic heterocycles. The first-order chi connectivity index (χ1) is 11.6. The molecule has 0 spiro atoms. The number of hydrogen-bond donors (Lipinski definition) is 2. The van der Waals surface area contributed by atoms with Gasteiger partial charge in [0.25, 0.3) is 0 Å². The summed E-state index contributed by atoms with van der Waals surface area (Å²) in [5.41, 5.74) is 6.67. The Labute approximate surface area is 142 Å². The van der Waals surface area contributed by atoms with E-state index in [0.29, 0.717) is 11.5 Å². The molecule has 5 heteroatoms. The van der Waals surface area contributed by atoms with E-state index in [0.717, 1.165) is 31.2 Å². The normalized spacial score (nSPS) is 16.5. The van der Waals surface area contributed by atoms with E-state index in [9.17, 15) is 9.59 Å². The number of hydrogen-bond acceptors (Lipinski definition) is 3. The van der Waals surface area contributed by atoms with Gasteiger partial charge in [0.15, 0.2) is 0 Å². The summed E-state index contributed by atoms with van der Waals surface area (Å²) < 4.78 is 0. The van der Waals surface area contributed by atoms with Gasteiger partial charge in [-0.3, -0.25) is 9.59 Å². The summed E-state index contributed by atoms with van der Waals surface area (Å²) >= 11 is 0. The van der Waals surface area contributed by atoms with Gasteiger partial charge >= 0.3 is 0 Å². The summed E-state index contributed by atoms with van der Waals surface area (Å²) in [6.45, 7) is 0. The molecule has 24 heavy (non-hydrogen) atoms. The van der Waals surface area contributed by atoms with Crippen LogP contribution in [0.25, 0.3) is 6.08 Å². The number of benzene rings is 1. The molecule has 0 radical (unpaired) electrons. The highest BCUT2D eigenvalue weighted by Gasteiger charge is 2.25. The van der Waals surface area contributed by atoms with Crippen LogP contribution < -0.4 is 11.1 Å². The van der Waals surface area contributed by atoms with Crippen molar-refractivity contribution in [2.45, 2.75) is 44.6 Å². The highest BCUT2D eigenvalue weighted by Crippen LogP contribution is 2.27. The van der Waals surface area contributed by atoms with Gasteiger partial charge in [-0.2, -0.15) is 5.26 Å². The molecule has 1 saturated carbocycles. The zero-order chi connectivity index (χ0) is 17.4. The number of nitrogens with two attached hydrogens (primary N) is 1. The summed E-state index contributed by atoms with van der Waals surface area (Å²) in [5, 5.41) is 11.8. The lowest BCUT2D eigenvalue weighted by Crippen LogP contribution is -2.42. The fourth-order valence-electron chi connectivity index (χ4n) is 3.20. The minimum absolute atomic E-state index is 0.175. The smallest absolute Gasteiger partial charge is 0.244 e. The van der Waals surface area contributed by atoms with Crippen molar-refractivity contribution in [3.63, 3.8) is 0 Å². The molecule has 0 saturated heterocycles. The predicted molar refractivity (Wildman–Crippen MR) is 92.5 cm³/mol. The van der Waals surface area contributed by atoms with Gasteiger partial charge in [0.05, 0.1) is 11.6 Å². The molecule has 1 aromatic rings. The molecular formula is C19H23N3O2. The van der Waals surface area contributed by atoms with E-state index >= 15 is 0 Å². The Morgan fingerprint density at radius 1 is 1.33 bits per heavy atom. The van der Waals surface area contributed by atoms with Crippen LogP contribution >= 0.6 is 0 Å².